The Morgan fingerprint density at radius 3 is 2.30 bits per heavy atom. The Morgan fingerprint density at radius 1 is 1.00 bits per heavy atom. The Labute approximate surface area is 139 Å². The first-order valence-corrected chi connectivity index (χ1v) is 7.73. The number of pyridine rings is 1. The lowest BCUT2D eigenvalue weighted by molar-refractivity contribution is 1.37. The molecule has 2 nitrogen and oxygen atoms in total. The second-order valence-corrected chi connectivity index (χ2v) is 5.87. The van der Waals surface area contributed by atoms with Gasteiger partial charge in [-0.15, -0.1) is 0 Å². The number of rotatable bonds is 0. The summed E-state index contributed by atoms with van der Waals surface area (Å²) in [6.07, 6.45) is 1.87. The van der Waals surface area contributed by atoms with Gasteiger partial charge in [0, 0.05) is 19.6 Å². The van der Waals surface area contributed by atoms with Crippen molar-refractivity contribution in [1.29, 1.82) is 5.26 Å². The maximum absolute atomic E-state index is 8.29. The second kappa shape index (κ2) is 7.36. The molecular weight excluding hydrogens is 427 g/mol. The number of fused-ring (bicyclic) bond motifs is 1. The molecule has 0 aliphatic rings. The number of hydrogen-bond donors (Lipinski definition) is 0. The van der Waals surface area contributed by atoms with Gasteiger partial charge in [0.05, 0.1) is 17.1 Å². The van der Waals surface area contributed by atoms with E-state index < -0.39 is 0 Å². The molecule has 0 saturated carbocycles. The van der Waals surface area contributed by atoms with Crippen molar-refractivity contribution >= 4 is 49.4 Å². The first kappa shape index (κ1) is 14.9. The SMILES string of the molecule is Brc1c(I)cnc2ccccc12.N#Cc1ccccc1. The zero-order valence-electron chi connectivity index (χ0n) is 10.4. The van der Waals surface area contributed by atoms with Gasteiger partial charge in [-0.2, -0.15) is 5.26 Å². The number of nitrogens with zero attached hydrogens (tertiary/aromatic N) is 2. The topological polar surface area (TPSA) is 36.7 Å². The van der Waals surface area contributed by atoms with Crippen LogP contribution < -0.4 is 0 Å². The predicted molar refractivity (Wildman–Crippen MR) is 93.3 cm³/mol. The van der Waals surface area contributed by atoms with Crippen LogP contribution in [0.4, 0.5) is 0 Å². The van der Waals surface area contributed by atoms with Crippen molar-refractivity contribution in [3.8, 4) is 6.07 Å². The molecular formula is C16H10BrIN2. The van der Waals surface area contributed by atoms with Crippen LogP contribution in [0.25, 0.3) is 10.9 Å². The van der Waals surface area contributed by atoms with E-state index in [0.29, 0.717) is 5.56 Å². The van der Waals surface area contributed by atoms with Crippen LogP contribution >= 0.6 is 38.5 Å². The highest BCUT2D eigenvalue weighted by atomic mass is 127. The molecule has 0 radical (unpaired) electrons. The van der Waals surface area contributed by atoms with E-state index in [0.717, 1.165) is 13.6 Å². The normalized spacial score (nSPS) is 9.45. The van der Waals surface area contributed by atoms with Gasteiger partial charge in [-0.1, -0.05) is 36.4 Å². The number of benzene rings is 2. The Balaban J connectivity index is 0.000000160. The Morgan fingerprint density at radius 2 is 1.65 bits per heavy atom. The molecule has 0 saturated heterocycles. The summed E-state index contributed by atoms with van der Waals surface area (Å²) in [7, 11) is 0. The van der Waals surface area contributed by atoms with Crippen LogP contribution in [0.1, 0.15) is 5.56 Å². The van der Waals surface area contributed by atoms with E-state index in [4.69, 9.17) is 5.26 Å². The minimum Gasteiger partial charge on any atom is -0.255 e. The summed E-state index contributed by atoms with van der Waals surface area (Å²) in [6, 6.07) is 19.3. The summed E-state index contributed by atoms with van der Waals surface area (Å²) in [5.74, 6) is 0. The smallest absolute Gasteiger partial charge is 0.0991 e. The van der Waals surface area contributed by atoms with Crippen LogP contribution in [0, 0.1) is 14.9 Å². The van der Waals surface area contributed by atoms with Crippen LogP contribution in [0.15, 0.2) is 65.3 Å². The van der Waals surface area contributed by atoms with Gasteiger partial charge in [-0.25, -0.2) is 0 Å². The molecule has 3 aromatic rings. The molecule has 3 rings (SSSR count). The molecule has 0 aliphatic heterocycles. The zero-order valence-corrected chi connectivity index (χ0v) is 14.2. The van der Waals surface area contributed by atoms with E-state index in [9.17, 15) is 0 Å². The van der Waals surface area contributed by atoms with Gasteiger partial charge < -0.3 is 0 Å². The van der Waals surface area contributed by atoms with Crippen molar-refractivity contribution in [2.45, 2.75) is 0 Å². The van der Waals surface area contributed by atoms with E-state index in [2.05, 4.69) is 49.6 Å². The third-order valence-corrected chi connectivity index (χ3v) is 4.98. The van der Waals surface area contributed by atoms with Crippen LogP contribution in [-0.4, -0.2) is 4.98 Å². The van der Waals surface area contributed by atoms with Gasteiger partial charge in [0.25, 0.3) is 0 Å². The molecule has 0 unspecified atom stereocenters. The third-order valence-electron chi connectivity index (χ3n) is 2.57. The van der Waals surface area contributed by atoms with E-state index in [-0.39, 0.29) is 0 Å². The number of hydrogen-bond acceptors (Lipinski definition) is 2. The Kier molecular flexibility index (Phi) is 5.50. The first-order valence-electron chi connectivity index (χ1n) is 5.86. The maximum Gasteiger partial charge on any atom is 0.0991 e. The molecule has 4 heteroatoms. The fourth-order valence-electron chi connectivity index (χ4n) is 1.60. The average Bonchev–Trinajstić information content (AvgIpc) is 2.53. The van der Waals surface area contributed by atoms with Crippen LogP contribution in [0.5, 0.6) is 0 Å². The summed E-state index contributed by atoms with van der Waals surface area (Å²) in [5, 5.41) is 9.46. The number of para-hydroxylation sites is 1. The highest BCUT2D eigenvalue weighted by Gasteiger charge is 2.01. The number of halogens is 2. The molecule has 1 aromatic heterocycles. The standard InChI is InChI=1S/C9H5BrIN.C7H5N/c10-9-6-3-1-2-4-8(6)12-5-7(9)11;8-6-7-4-2-1-3-5-7/h1-5H;1-5H. The predicted octanol–water partition coefficient (Wildman–Crippen LogP) is 5.16. The highest BCUT2D eigenvalue weighted by molar-refractivity contribution is 14.1. The zero-order chi connectivity index (χ0) is 14.4. The molecule has 1 heterocycles. The number of nitriles is 1. The molecule has 2 aromatic carbocycles. The minimum atomic E-state index is 0.715. The summed E-state index contributed by atoms with van der Waals surface area (Å²) in [4.78, 5) is 4.30. The summed E-state index contributed by atoms with van der Waals surface area (Å²) in [6.45, 7) is 0. The van der Waals surface area contributed by atoms with Crippen molar-refractivity contribution < 1.29 is 0 Å². The van der Waals surface area contributed by atoms with Gasteiger partial charge in [0.15, 0.2) is 0 Å². The molecule has 0 atom stereocenters. The lowest BCUT2D eigenvalue weighted by Crippen LogP contribution is -1.82. The van der Waals surface area contributed by atoms with Crippen molar-refractivity contribution in [2.75, 3.05) is 0 Å². The molecule has 98 valence electrons. The lowest BCUT2D eigenvalue weighted by atomic mass is 10.2. The lowest BCUT2D eigenvalue weighted by Gasteiger charge is -2.00. The fraction of sp³-hybridized carbons (Fsp3) is 0. The van der Waals surface area contributed by atoms with Crippen molar-refractivity contribution in [3.05, 3.63) is 74.4 Å². The maximum atomic E-state index is 8.29. The quantitative estimate of drug-likeness (QED) is 0.456. The van der Waals surface area contributed by atoms with E-state index >= 15 is 0 Å². The summed E-state index contributed by atoms with van der Waals surface area (Å²) in [5.41, 5.74) is 1.75. The van der Waals surface area contributed by atoms with Gasteiger partial charge in [0.2, 0.25) is 0 Å². The molecule has 0 N–H and O–H groups in total. The monoisotopic (exact) mass is 436 g/mol. The van der Waals surface area contributed by atoms with Gasteiger partial charge >= 0.3 is 0 Å². The first-order chi connectivity index (χ1) is 9.72. The Hall–Kier alpha value is -1.45. The van der Waals surface area contributed by atoms with E-state index in [1.165, 1.54) is 5.39 Å². The van der Waals surface area contributed by atoms with Gasteiger partial charge in [-0.05, 0) is 56.7 Å². The average molecular weight is 437 g/mol. The molecule has 0 fully saturated rings. The van der Waals surface area contributed by atoms with E-state index in [1.807, 2.05) is 48.7 Å². The molecule has 0 spiro atoms. The van der Waals surface area contributed by atoms with E-state index in [1.54, 1.807) is 12.1 Å². The summed E-state index contributed by atoms with van der Waals surface area (Å²) < 4.78 is 2.28. The van der Waals surface area contributed by atoms with Crippen molar-refractivity contribution in [2.24, 2.45) is 0 Å². The second-order valence-electron chi connectivity index (χ2n) is 3.92. The van der Waals surface area contributed by atoms with Crippen LogP contribution in [-0.2, 0) is 0 Å². The third kappa shape index (κ3) is 3.78. The minimum absolute atomic E-state index is 0.715. The van der Waals surface area contributed by atoms with Gasteiger partial charge in [0.1, 0.15) is 0 Å². The van der Waals surface area contributed by atoms with Crippen LogP contribution in [0.2, 0.25) is 0 Å². The van der Waals surface area contributed by atoms with Gasteiger partial charge in [-0.3, -0.25) is 4.98 Å². The molecule has 20 heavy (non-hydrogen) atoms. The van der Waals surface area contributed by atoms with Crippen molar-refractivity contribution in [1.82, 2.24) is 4.98 Å². The fourth-order valence-corrected chi connectivity index (χ4v) is 2.46. The molecule has 0 bridgehead atoms. The molecule has 0 amide bonds. The Bertz CT molecular complexity index is 751. The molecule has 0 aliphatic carbocycles. The highest BCUT2D eigenvalue weighted by Crippen LogP contribution is 2.26. The van der Waals surface area contributed by atoms with Crippen LogP contribution in [0.3, 0.4) is 0 Å². The summed E-state index contributed by atoms with van der Waals surface area (Å²) >= 11 is 5.80. The number of aromatic nitrogens is 1. The largest absolute Gasteiger partial charge is 0.255 e. The van der Waals surface area contributed by atoms with Crippen molar-refractivity contribution in [3.63, 3.8) is 0 Å².